The summed E-state index contributed by atoms with van der Waals surface area (Å²) < 4.78 is 68.2. The molecule has 1 N–H and O–H groups in total. The minimum atomic E-state index is -4.62. The molecule has 0 unspecified atom stereocenters. The third-order valence-corrected chi connectivity index (χ3v) is 5.75. The van der Waals surface area contributed by atoms with E-state index in [0.717, 1.165) is 28.9 Å². The van der Waals surface area contributed by atoms with Gasteiger partial charge in [0.1, 0.15) is 0 Å². The number of imide groups is 1. The van der Waals surface area contributed by atoms with Gasteiger partial charge in [-0.05, 0) is 36.1 Å². The maximum atomic E-state index is 14.0. The highest BCUT2D eigenvalue weighted by Gasteiger charge is 2.33. The van der Waals surface area contributed by atoms with E-state index in [0.29, 0.717) is 12.0 Å². The van der Waals surface area contributed by atoms with Crippen LogP contribution in [0.5, 0.6) is 0 Å². The first-order valence-corrected chi connectivity index (χ1v) is 12.2. The quantitative estimate of drug-likeness (QED) is 0.113. The molecular weight excluding hydrogens is 531 g/mol. The number of hydrogen-bond donors (Lipinski definition) is 1. The first-order valence-electron chi connectivity index (χ1n) is 12.2. The highest BCUT2D eigenvalue weighted by molar-refractivity contribution is 6.00. The zero-order chi connectivity index (χ0) is 29.9. The molecule has 0 saturated heterocycles. The predicted octanol–water partition coefficient (Wildman–Crippen LogP) is 6.78. The van der Waals surface area contributed by atoms with Crippen molar-refractivity contribution in [3.63, 3.8) is 0 Å². The van der Waals surface area contributed by atoms with Crippen molar-refractivity contribution in [2.45, 2.75) is 38.4 Å². The van der Waals surface area contributed by atoms with E-state index in [1.807, 2.05) is 0 Å². The van der Waals surface area contributed by atoms with E-state index in [-0.39, 0.29) is 48.7 Å². The van der Waals surface area contributed by atoms with Gasteiger partial charge < -0.3 is 5.32 Å². The number of amides is 3. The summed E-state index contributed by atoms with van der Waals surface area (Å²) >= 11 is 0. The number of hydrogen-bond acceptors (Lipinski definition) is 3. The van der Waals surface area contributed by atoms with Gasteiger partial charge in [0.2, 0.25) is 12.4 Å². The summed E-state index contributed by atoms with van der Waals surface area (Å²) in [5.41, 5.74) is -0.237. The summed E-state index contributed by atoms with van der Waals surface area (Å²) in [4.78, 5) is 31.5. The fourth-order valence-electron chi connectivity index (χ4n) is 3.66. The average molecular weight is 563 g/mol. The fraction of sp³-hybridized carbons (Fsp3) is 0.276. The van der Waals surface area contributed by atoms with Gasteiger partial charge in [0.25, 0.3) is 5.92 Å². The topological polar surface area (TPSA) is 65.0 Å². The number of urea groups is 1. The van der Waals surface area contributed by atoms with Gasteiger partial charge >= 0.3 is 12.2 Å². The van der Waals surface area contributed by atoms with Gasteiger partial charge in [-0.1, -0.05) is 67.8 Å². The summed E-state index contributed by atoms with van der Waals surface area (Å²) in [6, 6.07) is 4.47. The highest BCUT2D eigenvalue weighted by atomic mass is 19.4. The number of carbonyl (C=O) groups is 2. The van der Waals surface area contributed by atoms with E-state index in [2.05, 4.69) is 23.5 Å². The average Bonchev–Trinajstić information content (AvgIpc) is 3.15. The van der Waals surface area contributed by atoms with Crippen LogP contribution in [0.25, 0.3) is 0 Å². The van der Waals surface area contributed by atoms with Crippen LogP contribution < -0.4 is 5.32 Å². The lowest BCUT2D eigenvalue weighted by molar-refractivity contribution is -0.116. The van der Waals surface area contributed by atoms with Gasteiger partial charge in [-0.3, -0.25) is 19.6 Å². The minimum Gasteiger partial charge on any atom is -0.326 e. The molecule has 0 bridgehead atoms. The van der Waals surface area contributed by atoms with Crippen LogP contribution in [0.3, 0.4) is 0 Å². The van der Waals surface area contributed by atoms with E-state index < -0.39 is 23.7 Å². The van der Waals surface area contributed by atoms with Crippen LogP contribution in [0.1, 0.15) is 30.9 Å². The Bertz CT molecular complexity index is 1250. The van der Waals surface area contributed by atoms with Crippen molar-refractivity contribution in [2.75, 3.05) is 13.6 Å². The molecule has 1 aromatic carbocycles. The predicted molar refractivity (Wildman–Crippen MR) is 145 cm³/mol. The maximum Gasteiger partial charge on any atom is 0.416 e. The summed E-state index contributed by atoms with van der Waals surface area (Å²) in [6.07, 6.45) is 5.42. The number of allylic oxidation sites excluding steroid dienone is 8. The van der Waals surface area contributed by atoms with Crippen LogP contribution in [0.4, 0.5) is 26.7 Å². The molecule has 0 spiro atoms. The van der Waals surface area contributed by atoms with Crippen molar-refractivity contribution in [1.29, 1.82) is 0 Å². The summed E-state index contributed by atoms with van der Waals surface area (Å²) in [5.74, 6) is -3.35. The molecule has 0 atom stereocenters. The molecule has 0 saturated carbocycles. The van der Waals surface area contributed by atoms with Gasteiger partial charge in [-0.25, -0.2) is 13.6 Å². The number of rotatable bonds is 10. The minimum absolute atomic E-state index is 0.00470. The Balaban J connectivity index is 2.48. The van der Waals surface area contributed by atoms with Crippen molar-refractivity contribution >= 4 is 18.4 Å². The number of carbonyl (C=O) groups excluding carboxylic acids is 2. The molecule has 0 heterocycles. The molecule has 0 aliphatic heterocycles. The molecule has 40 heavy (non-hydrogen) atoms. The number of nitrogens with zero attached hydrogens (tertiary/aromatic N) is 3. The Morgan fingerprint density at radius 1 is 1.20 bits per heavy atom. The fourth-order valence-corrected chi connectivity index (χ4v) is 3.66. The molecule has 0 fully saturated rings. The van der Waals surface area contributed by atoms with E-state index in [1.165, 1.54) is 49.5 Å². The number of nitrogens with one attached hydrogen (secondary N) is 1. The molecule has 1 aliphatic carbocycles. The van der Waals surface area contributed by atoms with E-state index in [4.69, 9.17) is 0 Å². The van der Waals surface area contributed by atoms with Gasteiger partial charge in [-0.15, -0.1) is 0 Å². The van der Waals surface area contributed by atoms with Crippen LogP contribution >= 0.6 is 0 Å². The second-order valence-corrected chi connectivity index (χ2v) is 8.75. The monoisotopic (exact) mass is 562 g/mol. The lowest BCUT2D eigenvalue weighted by Crippen LogP contribution is -2.50. The normalized spacial score (nSPS) is 14.5. The van der Waals surface area contributed by atoms with Gasteiger partial charge in [0.15, 0.2) is 0 Å². The third kappa shape index (κ3) is 9.18. The Morgan fingerprint density at radius 3 is 2.50 bits per heavy atom. The molecule has 2 rings (SSSR count). The molecule has 1 aliphatic rings. The second kappa shape index (κ2) is 14.2. The first-order chi connectivity index (χ1) is 18.8. The smallest absolute Gasteiger partial charge is 0.326 e. The largest absolute Gasteiger partial charge is 0.416 e. The molecule has 11 heteroatoms. The SMILES string of the molecule is C=C/C=C(\C=C)CCN(C=O)C(=O)N(Cc1cccc(C(C)(F)F)c1)C(=NC)NC1=CCC=CC(C(F)(F)F)=C1. The molecular formula is C29H31F5N4O2. The van der Waals surface area contributed by atoms with Crippen molar-refractivity contribution in [3.8, 4) is 0 Å². The van der Waals surface area contributed by atoms with Crippen molar-refractivity contribution in [1.82, 2.24) is 15.1 Å². The Kier molecular flexibility index (Phi) is 11.3. The first kappa shape index (κ1) is 31.9. The zero-order valence-electron chi connectivity index (χ0n) is 22.2. The van der Waals surface area contributed by atoms with Crippen LogP contribution in [0.15, 0.2) is 102 Å². The van der Waals surface area contributed by atoms with Crippen molar-refractivity contribution in [2.24, 2.45) is 4.99 Å². The van der Waals surface area contributed by atoms with Crippen molar-refractivity contribution in [3.05, 3.63) is 108 Å². The number of guanidine groups is 1. The van der Waals surface area contributed by atoms with E-state index in [9.17, 15) is 31.5 Å². The maximum absolute atomic E-state index is 14.0. The van der Waals surface area contributed by atoms with Crippen LogP contribution in [0.2, 0.25) is 0 Å². The number of benzene rings is 1. The number of alkyl halides is 5. The summed E-state index contributed by atoms with van der Waals surface area (Å²) in [6.45, 7) is 7.63. The Hall–Kier alpha value is -4.28. The molecule has 3 amide bonds. The van der Waals surface area contributed by atoms with Gasteiger partial charge in [0, 0.05) is 31.8 Å². The Labute approximate surface area is 230 Å². The van der Waals surface area contributed by atoms with Crippen LogP contribution in [0, 0.1) is 0 Å². The van der Waals surface area contributed by atoms with Gasteiger partial charge in [0.05, 0.1) is 12.1 Å². The summed E-state index contributed by atoms with van der Waals surface area (Å²) in [7, 11) is 1.30. The zero-order valence-corrected chi connectivity index (χ0v) is 22.2. The van der Waals surface area contributed by atoms with Crippen molar-refractivity contribution < 1.29 is 31.5 Å². The Morgan fingerprint density at radius 2 is 1.93 bits per heavy atom. The standard InChI is InChI=1S/C29H31F5N4O2/c1-5-10-21(6-2)15-16-37(20-39)27(40)38(19-22-11-9-13-23(17-22)28(3,30)31)26(35-4)36-25-14-8-7-12-24(18-25)29(32,33)34/h5-7,9-14,17-18,20H,1-2,8,15-16,19H2,3-4H3,(H,35,36)/b21-10+. The van der Waals surface area contributed by atoms with Crippen LogP contribution in [-0.4, -0.2) is 48.0 Å². The van der Waals surface area contributed by atoms with E-state index in [1.54, 1.807) is 12.2 Å². The van der Waals surface area contributed by atoms with Crippen LogP contribution in [-0.2, 0) is 17.3 Å². The second-order valence-electron chi connectivity index (χ2n) is 8.75. The summed E-state index contributed by atoms with van der Waals surface area (Å²) in [5, 5.41) is 2.74. The third-order valence-electron chi connectivity index (χ3n) is 5.75. The van der Waals surface area contributed by atoms with Gasteiger partial charge in [-0.2, -0.15) is 13.2 Å². The molecule has 214 valence electrons. The molecule has 1 aromatic rings. The lowest BCUT2D eigenvalue weighted by atomic mass is 10.1. The molecule has 6 nitrogen and oxygen atoms in total. The number of halogens is 5. The number of aliphatic imine (C=N–C) groups is 1. The lowest BCUT2D eigenvalue weighted by Gasteiger charge is -2.29. The van der Waals surface area contributed by atoms with E-state index >= 15 is 0 Å². The molecule has 0 aromatic heterocycles. The highest BCUT2D eigenvalue weighted by Crippen LogP contribution is 2.29. The molecule has 0 radical (unpaired) electrons.